The molecule has 4 heteroatoms. The first-order chi connectivity index (χ1) is 10.1. The molecule has 21 heavy (non-hydrogen) atoms. The fourth-order valence-electron chi connectivity index (χ4n) is 2.06. The average Bonchev–Trinajstić information content (AvgIpc) is 2.46. The van der Waals surface area contributed by atoms with E-state index in [2.05, 4.69) is 12.2 Å². The highest BCUT2D eigenvalue weighted by Crippen LogP contribution is 2.28. The number of carbonyl (C=O) groups is 1. The number of allylic oxidation sites excluding steroid dienone is 1. The van der Waals surface area contributed by atoms with E-state index in [1.54, 1.807) is 7.11 Å². The monoisotopic (exact) mass is 291 g/mol. The fourth-order valence-corrected chi connectivity index (χ4v) is 2.06. The number of ether oxygens (including phenoxy) is 2. The number of nitrogens with one attached hydrogen (secondary N) is 1. The third-order valence-electron chi connectivity index (χ3n) is 3.03. The molecular weight excluding hydrogens is 266 g/mol. The van der Waals surface area contributed by atoms with Gasteiger partial charge in [0.25, 0.3) is 5.91 Å². The van der Waals surface area contributed by atoms with Crippen molar-refractivity contribution in [3.63, 3.8) is 0 Å². The summed E-state index contributed by atoms with van der Waals surface area (Å²) >= 11 is 0. The second kappa shape index (κ2) is 9.06. The zero-order valence-electron chi connectivity index (χ0n) is 13.3. The molecule has 1 rings (SSSR count). The molecule has 116 valence electrons. The van der Waals surface area contributed by atoms with Crippen LogP contribution in [0.15, 0.2) is 24.3 Å². The Morgan fingerprint density at radius 1 is 1.38 bits per heavy atom. The molecule has 0 bridgehead atoms. The van der Waals surface area contributed by atoms with Crippen molar-refractivity contribution in [2.75, 3.05) is 13.7 Å². The highest BCUT2D eigenvalue weighted by Gasteiger charge is 2.10. The summed E-state index contributed by atoms with van der Waals surface area (Å²) in [6.07, 6.45) is 5.94. The molecule has 0 saturated heterocycles. The lowest BCUT2D eigenvalue weighted by Crippen LogP contribution is -2.35. The number of hydrogen-bond donors (Lipinski definition) is 1. The summed E-state index contributed by atoms with van der Waals surface area (Å²) in [7, 11) is 1.59. The lowest BCUT2D eigenvalue weighted by atomic mass is 10.2. The number of carbonyl (C=O) groups excluding carboxylic acids is 1. The smallest absolute Gasteiger partial charge is 0.258 e. The first kappa shape index (κ1) is 17.1. The minimum absolute atomic E-state index is 0.00657. The van der Waals surface area contributed by atoms with Gasteiger partial charge in [-0.05, 0) is 38.0 Å². The van der Waals surface area contributed by atoms with E-state index < -0.39 is 0 Å². The predicted molar refractivity (Wildman–Crippen MR) is 85.7 cm³/mol. The van der Waals surface area contributed by atoms with Gasteiger partial charge >= 0.3 is 0 Å². The Morgan fingerprint density at radius 2 is 2.14 bits per heavy atom. The van der Waals surface area contributed by atoms with Crippen molar-refractivity contribution in [2.45, 2.75) is 39.7 Å². The van der Waals surface area contributed by atoms with Gasteiger partial charge in [0.15, 0.2) is 18.1 Å². The van der Waals surface area contributed by atoms with E-state index in [0.717, 1.165) is 18.4 Å². The first-order valence-electron chi connectivity index (χ1n) is 7.33. The molecule has 0 saturated carbocycles. The maximum Gasteiger partial charge on any atom is 0.258 e. The molecule has 1 N–H and O–H groups in total. The second-order valence-electron chi connectivity index (χ2n) is 4.96. The Hall–Kier alpha value is -1.97. The van der Waals surface area contributed by atoms with Crippen molar-refractivity contribution in [3.8, 4) is 11.5 Å². The third kappa shape index (κ3) is 5.90. The lowest BCUT2D eigenvalue weighted by Gasteiger charge is -2.14. The highest BCUT2D eigenvalue weighted by atomic mass is 16.5. The van der Waals surface area contributed by atoms with E-state index in [9.17, 15) is 4.79 Å². The van der Waals surface area contributed by atoms with Crippen LogP contribution in [-0.2, 0) is 4.79 Å². The standard InChI is InChI=1S/C17H25NO3/c1-5-7-13(3)18-17(19)12-21-15-10-9-14(8-6-2)11-16(15)20-4/h6,8-11,13H,5,7,12H2,1-4H3,(H,18,19)/b8-6+. The number of rotatable bonds is 8. The molecular formula is C17H25NO3. The Morgan fingerprint density at radius 3 is 2.76 bits per heavy atom. The first-order valence-corrected chi connectivity index (χ1v) is 7.33. The molecule has 0 aliphatic rings. The Bertz CT molecular complexity index is 483. The van der Waals surface area contributed by atoms with E-state index in [0.29, 0.717) is 11.5 Å². The lowest BCUT2D eigenvalue weighted by molar-refractivity contribution is -0.123. The van der Waals surface area contributed by atoms with Crippen LogP contribution in [0.4, 0.5) is 0 Å². The third-order valence-corrected chi connectivity index (χ3v) is 3.03. The fraction of sp³-hybridized carbons (Fsp3) is 0.471. The maximum absolute atomic E-state index is 11.8. The van der Waals surface area contributed by atoms with E-state index >= 15 is 0 Å². The zero-order chi connectivity index (χ0) is 15.7. The van der Waals surface area contributed by atoms with Crippen LogP contribution in [0.5, 0.6) is 11.5 Å². The number of hydrogen-bond acceptors (Lipinski definition) is 3. The van der Waals surface area contributed by atoms with Crippen LogP contribution in [0.25, 0.3) is 6.08 Å². The number of amides is 1. The average molecular weight is 291 g/mol. The maximum atomic E-state index is 11.8. The minimum Gasteiger partial charge on any atom is -0.493 e. The summed E-state index contributed by atoms with van der Waals surface area (Å²) in [5.41, 5.74) is 1.03. The van der Waals surface area contributed by atoms with Crippen LogP contribution < -0.4 is 14.8 Å². The molecule has 1 aromatic rings. The summed E-state index contributed by atoms with van der Waals surface area (Å²) in [6.45, 7) is 6.04. The summed E-state index contributed by atoms with van der Waals surface area (Å²) in [6, 6.07) is 5.80. The molecule has 1 unspecified atom stereocenters. The summed E-state index contributed by atoms with van der Waals surface area (Å²) in [5.74, 6) is 1.08. The molecule has 0 spiro atoms. The Balaban J connectivity index is 2.60. The second-order valence-corrected chi connectivity index (χ2v) is 4.96. The van der Waals surface area contributed by atoms with Gasteiger partial charge in [0.1, 0.15) is 0 Å². The Kier molecular flexibility index (Phi) is 7.37. The van der Waals surface area contributed by atoms with E-state index in [1.165, 1.54) is 0 Å². The molecule has 0 radical (unpaired) electrons. The minimum atomic E-state index is -0.115. The van der Waals surface area contributed by atoms with Gasteiger partial charge in [-0.1, -0.05) is 31.6 Å². The van der Waals surface area contributed by atoms with Gasteiger partial charge in [0, 0.05) is 6.04 Å². The normalized spacial score (nSPS) is 12.2. The molecule has 0 aromatic heterocycles. The predicted octanol–water partition coefficient (Wildman–Crippen LogP) is 3.41. The SMILES string of the molecule is C/C=C/c1ccc(OCC(=O)NC(C)CCC)c(OC)c1. The molecule has 1 amide bonds. The van der Waals surface area contributed by atoms with Gasteiger partial charge in [-0.25, -0.2) is 0 Å². The molecule has 0 fully saturated rings. The Labute approximate surface area is 127 Å². The summed E-state index contributed by atoms with van der Waals surface area (Å²) in [5, 5.41) is 2.90. The van der Waals surface area contributed by atoms with Gasteiger partial charge in [0.2, 0.25) is 0 Å². The van der Waals surface area contributed by atoms with Crippen molar-refractivity contribution < 1.29 is 14.3 Å². The van der Waals surface area contributed by atoms with Gasteiger partial charge in [-0.2, -0.15) is 0 Å². The van der Waals surface area contributed by atoms with E-state index in [4.69, 9.17) is 9.47 Å². The van der Waals surface area contributed by atoms with Gasteiger partial charge in [-0.3, -0.25) is 4.79 Å². The summed E-state index contributed by atoms with van der Waals surface area (Å²) in [4.78, 5) is 11.8. The van der Waals surface area contributed by atoms with Crippen molar-refractivity contribution in [1.82, 2.24) is 5.32 Å². The summed E-state index contributed by atoms with van der Waals surface area (Å²) < 4.78 is 10.8. The quantitative estimate of drug-likeness (QED) is 0.798. The molecule has 0 heterocycles. The van der Waals surface area contributed by atoms with Gasteiger partial charge in [0.05, 0.1) is 7.11 Å². The van der Waals surface area contributed by atoms with Crippen LogP contribution >= 0.6 is 0 Å². The van der Waals surface area contributed by atoms with Crippen molar-refractivity contribution in [2.24, 2.45) is 0 Å². The molecule has 0 aliphatic carbocycles. The largest absolute Gasteiger partial charge is 0.493 e. The zero-order valence-corrected chi connectivity index (χ0v) is 13.3. The van der Waals surface area contributed by atoms with Gasteiger partial charge < -0.3 is 14.8 Å². The van der Waals surface area contributed by atoms with Crippen LogP contribution in [0.2, 0.25) is 0 Å². The van der Waals surface area contributed by atoms with Crippen LogP contribution in [0.1, 0.15) is 39.2 Å². The van der Waals surface area contributed by atoms with E-state index in [1.807, 2.05) is 44.2 Å². The number of benzene rings is 1. The van der Waals surface area contributed by atoms with Crippen LogP contribution in [0.3, 0.4) is 0 Å². The van der Waals surface area contributed by atoms with Gasteiger partial charge in [-0.15, -0.1) is 0 Å². The van der Waals surface area contributed by atoms with Crippen molar-refractivity contribution in [3.05, 3.63) is 29.8 Å². The van der Waals surface area contributed by atoms with Crippen LogP contribution in [0, 0.1) is 0 Å². The van der Waals surface area contributed by atoms with Crippen molar-refractivity contribution >= 4 is 12.0 Å². The topological polar surface area (TPSA) is 47.6 Å². The van der Waals surface area contributed by atoms with E-state index in [-0.39, 0.29) is 18.6 Å². The highest BCUT2D eigenvalue weighted by molar-refractivity contribution is 5.77. The molecule has 0 aliphatic heterocycles. The molecule has 1 atom stereocenters. The molecule has 1 aromatic carbocycles. The molecule has 4 nitrogen and oxygen atoms in total. The van der Waals surface area contributed by atoms with Crippen LogP contribution in [-0.4, -0.2) is 25.7 Å². The van der Waals surface area contributed by atoms with Crippen molar-refractivity contribution in [1.29, 1.82) is 0 Å². The number of methoxy groups -OCH3 is 1.